The van der Waals surface area contributed by atoms with E-state index in [0.717, 1.165) is 12.3 Å². The second kappa shape index (κ2) is 19.0. The molecule has 0 nitrogen and oxygen atoms in total. The highest BCUT2D eigenvalue weighted by atomic mass is 14.1. The number of hydrogen-bond acceptors (Lipinski definition) is 0. The maximum atomic E-state index is 3.90. The van der Waals surface area contributed by atoms with E-state index in [2.05, 4.69) is 20.8 Å². The fourth-order valence-electron chi connectivity index (χ4n) is 3.32. The average Bonchev–Trinajstić information content (AvgIpc) is 2.52. The third-order valence-electron chi connectivity index (χ3n) is 5.00. The molecule has 0 fully saturated rings. The Kier molecular flexibility index (Phi) is 19.0. The molecule has 0 N–H and O–H groups in total. The summed E-state index contributed by atoms with van der Waals surface area (Å²) in [5.74, 6) is 0.968. The molecule has 0 aromatic heterocycles. The van der Waals surface area contributed by atoms with E-state index in [9.17, 15) is 0 Å². The summed E-state index contributed by atoms with van der Waals surface area (Å²) in [6.07, 6.45) is 25.7. The van der Waals surface area contributed by atoms with Crippen LogP contribution < -0.4 is 0 Å². The van der Waals surface area contributed by atoms with E-state index in [1.54, 1.807) is 0 Å². The molecule has 1 unspecified atom stereocenters. The normalized spacial score (nSPS) is 12.7. The highest BCUT2D eigenvalue weighted by Gasteiger charge is 2.01. The van der Waals surface area contributed by atoms with E-state index in [-0.39, 0.29) is 0 Å². The topological polar surface area (TPSA) is 0 Å². The van der Waals surface area contributed by atoms with Crippen LogP contribution in [0.4, 0.5) is 0 Å². The summed E-state index contributed by atoms with van der Waals surface area (Å²) in [6, 6.07) is 0. The molecule has 133 valence electrons. The van der Waals surface area contributed by atoms with Crippen LogP contribution in [0.3, 0.4) is 0 Å². The van der Waals surface area contributed by atoms with Crippen molar-refractivity contribution in [3.05, 3.63) is 6.92 Å². The summed E-state index contributed by atoms with van der Waals surface area (Å²) in [6.45, 7) is 8.65. The molecule has 0 aromatic rings. The summed E-state index contributed by atoms with van der Waals surface area (Å²) in [4.78, 5) is 0. The van der Waals surface area contributed by atoms with Crippen LogP contribution in [0.15, 0.2) is 0 Å². The molecule has 0 aliphatic carbocycles. The molecule has 0 aliphatic heterocycles. The van der Waals surface area contributed by atoms with E-state index in [0.29, 0.717) is 0 Å². The van der Waals surface area contributed by atoms with Gasteiger partial charge in [-0.15, -0.1) is 0 Å². The lowest BCUT2D eigenvalue weighted by Crippen LogP contribution is -1.94. The van der Waals surface area contributed by atoms with Crippen molar-refractivity contribution in [2.45, 2.75) is 129 Å². The van der Waals surface area contributed by atoms with Gasteiger partial charge in [0.15, 0.2) is 0 Å². The standard InChI is InChI=1S/C22H45/c1-4-6-8-9-10-11-12-13-14-15-16-17-19-21-22(3)20-18-7-5-2/h22H,1,4-21H2,2-3H3. The van der Waals surface area contributed by atoms with E-state index >= 15 is 0 Å². The average molecular weight is 310 g/mol. The van der Waals surface area contributed by atoms with Gasteiger partial charge in [0.25, 0.3) is 0 Å². The van der Waals surface area contributed by atoms with Gasteiger partial charge in [0, 0.05) is 0 Å². The maximum absolute atomic E-state index is 3.90. The zero-order chi connectivity index (χ0) is 16.3. The van der Waals surface area contributed by atoms with Crippen LogP contribution in [0, 0.1) is 12.8 Å². The highest BCUT2D eigenvalue weighted by Crippen LogP contribution is 2.18. The fourth-order valence-corrected chi connectivity index (χ4v) is 3.32. The van der Waals surface area contributed by atoms with Crippen molar-refractivity contribution >= 4 is 0 Å². The number of unbranched alkanes of at least 4 members (excludes halogenated alkanes) is 14. The minimum Gasteiger partial charge on any atom is -0.0654 e. The Labute approximate surface area is 142 Å². The van der Waals surface area contributed by atoms with Gasteiger partial charge in [-0.1, -0.05) is 136 Å². The first-order valence-electron chi connectivity index (χ1n) is 10.6. The third kappa shape index (κ3) is 18.1. The van der Waals surface area contributed by atoms with E-state index in [4.69, 9.17) is 0 Å². The van der Waals surface area contributed by atoms with Crippen LogP contribution in [-0.4, -0.2) is 0 Å². The molecular weight excluding hydrogens is 264 g/mol. The van der Waals surface area contributed by atoms with E-state index in [1.807, 2.05) is 0 Å². The van der Waals surface area contributed by atoms with Crippen molar-refractivity contribution in [3.63, 3.8) is 0 Å². The van der Waals surface area contributed by atoms with Crippen LogP contribution in [0.25, 0.3) is 0 Å². The van der Waals surface area contributed by atoms with Gasteiger partial charge in [0.05, 0.1) is 0 Å². The summed E-state index contributed by atoms with van der Waals surface area (Å²) in [5.41, 5.74) is 0. The van der Waals surface area contributed by atoms with Gasteiger partial charge in [0.2, 0.25) is 0 Å². The molecule has 0 aromatic carbocycles. The Morgan fingerprint density at radius 1 is 0.545 bits per heavy atom. The van der Waals surface area contributed by atoms with Gasteiger partial charge in [-0.2, -0.15) is 0 Å². The molecular formula is C22H45. The molecule has 0 amide bonds. The molecule has 0 rings (SSSR count). The Hall–Kier alpha value is 0. The molecule has 0 bridgehead atoms. The van der Waals surface area contributed by atoms with E-state index in [1.165, 1.54) is 109 Å². The minimum absolute atomic E-state index is 0.968. The molecule has 0 heterocycles. The lowest BCUT2D eigenvalue weighted by molar-refractivity contribution is 0.435. The summed E-state index contributed by atoms with van der Waals surface area (Å²) in [7, 11) is 0. The smallest absolute Gasteiger partial charge is 0.0443 e. The van der Waals surface area contributed by atoms with Gasteiger partial charge in [0.1, 0.15) is 0 Å². The predicted octanol–water partition coefficient (Wildman–Crippen LogP) is 8.50. The van der Waals surface area contributed by atoms with Crippen LogP contribution in [0.1, 0.15) is 129 Å². The molecule has 0 saturated heterocycles. The number of hydrogen-bond donors (Lipinski definition) is 0. The summed E-state index contributed by atoms with van der Waals surface area (Å²) >= 11 is 0. The largest absolute Gasteiger partial charge is 0.0654 e. The molecule has 0 spiro atoms. The van der Waals surface area contributed by atoms with Crippen molar-refractivity contribution < 1.29 is 0 Å². The molecule has 22 heavy (non-hydrogen) atoms. The molecule has 0 saturated carbocycles. The Bertz CT molecular complexity index is 184. The zero-order valence-electron chi connectivity index (χ0n) is 16.0. The maximum Gasteiger partial charge on any atom is -0.0443 e. The summed E-state index contributed by atoms with van der Waals surface area (Å²) < 4.78 is 0. The van der Waals surface area contributed by atoms with Gasteiger partial charge < -0.3 is 0 Å². The Morgan fingerprint density at radius 2 is 0.909 bits per heavy atom. The lowest BCUT2D eigenvalue weighted by atomic mass is 9.96. The second-order valence-electron chi connectivity index (χ2n) is 7.49. The lowest BCUT2D eigenvalue weighted by Gasteiger charge is -2.10. The zero-order valence-corrected chi connectivity index (χ0v) is 16.0. The fraction of sp³-hybridized carbons (Fsp3) is 0.955. The van der Waals surface area contributed by atoms with Crippen molar-refractivity contribution in [2.75, 3.05) is 0 Å². The van der Waals surface area contributed by atoms with Gasteiger partial charge in [-0.3, -0.25) is 0 Å². The number of rotatable bonds is 18. The van der Waals surface area contributed by atoms with Crippen LogP contribution in [0.2, 0.25) is 0 Å². The first-order chi connectivity index (χ1) is 10.8. The van der Waals surface area contributed by atoms with Crippen molar-refractivity contribution in [1.82, 2.24) is 0 Å². The van der Waals surface area contributed by atoms with Gasteiger partial charge >= 0.3 is 0 Å². The van der Waals surface area contributed by atoms with Gasteiger partial charge in [-0.25, -0.2) is 0 Å². The Balaban J connectivity index is 3.05. The van der Waals surface area contributed by atoms with Crippen LogP contribution in [0.5, 0.6) is 0 Å². The van der Waals surface area contributed by atoms with Crippen molar-refractivity contribution in [1.29, 1.82) is 0 Å². The summed E-state index contributed by atoms with van der Waals surface area (Å²) in [5, 5.41) is 0. The van der Waals surface area contributed by atoms with Crippen molar-refractivity contribution in [2.24, 2.45) is 5.92 Å². The third-order valence-corrected chi connectivity index (χ3v) is 5.00. The molecule has 1 atom stereocenters. The quantitative estimate of drug-likeness (QED) is 0.223. The van der Waals surface area contributed by atoms with Crippen LogP contribution in [-0.2, 0) is 0 Å². The Morgan fingerprint density at radius 3 is 1.32 bits per heavy atom. The SMILES string of the molecule is [CH2]CCCCCCCCCCCCCCC(C)CCCCC. The molecule has 0 aliphatic rings. The molecule has 1 radical (unpaired) electrons. The van der Waals surface area contributed by atoms with Crippen LogP contribution >= 0.6 is 0 Å². The predicted molar refractivity (Wildman–Crippen MR) is 103 cm³/mol. The first kappa shape index (κ1) is 22.0. The van der Waals surface area contributed by atoms with Crippen molar-refractivity contribution in [3.8, 4) is 0 Å². The molecule has 0 heteroatoms. The highest BCUT2D eigenvalue weighted by molar-refractivity contribution is 4.55. The van der Waals surface area contributed by atoms with Gasteiger partial charge in [-0.05, 0) is 5.92 Å². The monoisotopic (exact) mass is 309 g/mol. The minimum atomic E-state index is 0.968. The van der Waals surface area contributed by atoms with E-state index < -0.39 is 0 Å². The second-order valence-corrected chi connectivity index (χ2v) is 7.49. The first-order valence-corrected chi connectivity index (χ1v) is 10.6.